The average molecular weight is 428 g/mol. The van der Waals surface area contributed by atoms with E-state index in [2.05, 4.69) is 29.4 Å². The number of hydrogen-bond acceptors (Lipinski definition) is 5. The lowest BCUT2D eigenvalue weighted by atomic mass is 10.0. The molecule has 0 radical (unpaired) electrons. The third-order valence-electron chi connectivity index (χ3n) is 5.62. The molecule has 5 rings (SSSR count). The molecule has 0 saturated heterocycles. The van der Waals surface area contributed by atoms with Crippen molar-refractivity contribution in [3.05, 3.63) is 63.2 Å². The molecule has 4 heterocycles. The molecule has 0 aliphatic carbocycles. The lowest BCUT2D eigenvalue weighted by Crippen LogP contribution is -2.39. The predicted molar refractivity (Wildman–Crippen MR) is 117 cm³/mol. The molecular formula is C22H22ClN3O2S. The maximum Gasteiger partial charge on any atom is 0.256 e. The van der Waals surface area contributed by atoms with E-state index in [1.54, 1.807) is 11.3 Å². The number of furan rings is 1. The standard InChI is InChI=1S/C22H22ClN3O2S/c1-12(2)26-9-8-15-18(11-26)29-22-19(15)21(27)24-20(25-22)17-7-6-16(28-17)13-4-3-5-14(23)10-13/h3-7,10,12,20,25H,8-9,11H2,1-2H3,(H,24,27)/t20-/m0/s1. The highest BCUT2D eigenvalue weighted by Gasteiger charge is 2.34. The molecule has 0 spiro atoms. The molecule has 7 heteroatoms. The van der Waals surface area contributed by atoms with Gasteiger partial charge in [-0.25, -0.2) is 0 Å². The van der Waals surface area contributed by atoms with E-state index in [1.807, 2.05) is 36.4 Å². The van der Waals surface area contributed by atoms with E-state index < -0.39 is 0 Å². The van der Waals surface area contributed by atoms with Gasteiger partial charge >= 0.3 is 0 Å². The average Bonchev–Trinajstić information content (AvgIpc) is 3.32. The summed E-state index contributed by atoms with van der Waals surface area (Å²) in [6.45, 7) is 6.33. The molecule has 0 saturated carbocycles. The first-order chi connectivity index (χ1) is 14.0. The van der Waals surface area contributed by atoms with Crippen LogP contribution in [0.4, 0.5) is 5.00 Å². The zero-order valence-corrected chi connectivity index (χ0v) is 17.9. The Morgan fingerprint density at radius 3 is 2.90 bits per heavy atom. The summed E-state index contributed by atoms with van der Waals surface area (Å²) in [5.74, 6) is 1.37. The number of nitrogens with zero attached hydrogens (tertiary/aromatic N) is 1. The molecule has 2 aromatic heterocycles. The zero-order chi connectivity index (χ0) is 20.1. The highest BCUT2D eigenvalue weighted by molar-refractivity contribution is 7.16. The van der Waals surface area contributed by atoms with Crippen LogP contribution in [-0.4, -0.2) is 23.4 Å². The summed E-state index contributed by atoms with van der Waals surface area (Å²) in [6, 6.07) is 11.8. The number of thiophene rings is 1. The van der Waals surface area contributed by atoms with Crippen molar-refractivity contribution < 1.29 is 9.21 Å². The van der Waals surface area contributed by atoms with E-state index >= 15 is 0 Å². The van der Waals surface area contributed by atoms with Crippen LogP contribution in [0.25, 0.3) is 11.3 Å². The van der Waals surface area contributed by atoms with Crippen molar-refractivity contribution in [2.45, 2.75) is 39.0 Å². The van der Waals surface area contributed by atoms with Crippen LogP contribution in [0.5, 0.6) is 0 Å². The van der Waals surface area contributed by atoms with Crippen molar-refractivity contribution in [3.8, 4) is 11.3 Å². The molecular weight excluding hydrogens is 406 g/mol. The van der Waals surface area contributed by atoms with Gasteiger partial charge in [0.05, 0.1) is 5.56 Å². The maximum absolute atomic E-state index is 12.9. The minimum absolute atomic E-state index is 0.0278. The Labute approximate surface area is 178 Å². The monoisotopic (exact) mass is 427 g/mol. The van der Waals surface area contributed by atoms with E-state index in [9.17, 15) is 4.79 Å². The fourth-order valence-corrected chi connectivity index (χ4v) is 5.51. The van der Waals surface area contributed by atoms with E-state index in [4.69, 9.17) is 16.0 Å². The number of carbonyl (C=O) groups excluding carboxylic acids is 1. The summed E-state index contributed by atoms with van der Waals surface area (Å²) in [5.41, 5.74) is 2.92. The Balaban J connectivity index is 1.42. The maximum atomic E-state index is 12.9. The quantitative estimate of drug-likeness (QED) is 0.596. The number of nitrogens with one attached hydrogen (secondary N) is 2. The van der Waals surface area contributed by atoms with Gasteiger partial charge < -0.3 is 15.1 Å². The molecule has 5 nitrogen and oxygen atoms in total. The lowest BCUT2D eigenvalue weighted by molar-refractivity contribution is 0.0930. The zero-order valence-electron chi connectivity index (χ0n) is 16.3. The number of benzene rings is 1. The van der Waals surface area contributed by atoms with Crippen molar-refractivity contribution in [2.75, 3.05) is 11.9 Å². The third-order valence-corrected chi connectivity index (χ3v) is 7.00. The van der Waals surface area contributed by atoms with Crippen molar-refractivity contribution in [1.29, 1.82) is 0 Å². The SMILES string of the molecule is CC(C)N1CCc2c(sc3c2C(=O)N[C@H](c2ccc(-c4cccc(Cl)c4)o2)N3)C1. The predicted octanol–water partition coefficient (Wildman–Crippen LogP) is 5.28. The van der Waals surface area contributed by atoms with E-state index in [0.717, 1.165) is 41.4 Å². The summed E-state index contributed by atoms with van der Waals surface area (Å²) in [7, 11) is 0. The summed E-state index contributed by atoms with van der Waals surface area (Å²) in [6.07, 6.45) is 0.530. The fraction of sp³-hybridized carbons (Fsp3) is 0.318. The Morgan fingerprint density at radius 1 is 1.24 bits per heavy atom. The molecule has 0 unspecified atom stereocenters. The second-order valence-electron chi connectivity index (χ2n) is 7.79. The second-order valence-corrected chi connectivity index (χ2v) is 9.33. The number of rotatable bonds is 3. The van der Waals surface area contributed by atoms with Gasteiger partial charge in [0.1, 0.15) is 16.5 Å². The van der Waals surface area contributed by atoms with E-state index in [0.29, 0.717) is 16.8 Å². The van der Waals surface area contributed by atoms with Gasteiger partial charge in [0.15, 0.2) is 6.17 Å². The molecule has 1 amide bonds. The molecule has 2 aliphatic heterocycles. The van der Waals surface area contributed by atoms with Crippen LogP contribution in [-0.2, 0) is 13.0 Å². The third kappa shape index (κ3) is 3.35. The largest absolute Gasteiger partial charge is 0.457 e. The van der Waals surface area contributed by atoms with Crippen molar-refractivity contribution >= 4 is 33.8 Å². The number of hydrogen-bond donors (Lipinski definition) is 2. The first-order valence-corrected chi connectivity index (χ1v) is 11.0. The first kappa shape index (κ1) is 18.7. The normalized spacial score (nSPS) is 18.9. The summed E-state index contributed by atoms with van der Waals surface area (Å²) < 4.78 is 6.04. The molecule has 3 aromatic rings. The fourth-order valence-electron chi connectivity index (χ4n) is 4.02. The Bertz CT molecular complexity index is 1090. The Morgan fingerprint density at radius 2 is 2.10 bits per heavy atom. The topological polar surface area (TPSA) is 57.5 Å². The molecule has 2 aliphatic rings. The minimum Gasteiger partial charge on any atom is -0.457 e. The smallest absolute Gasteiger partial charge is 0.256 e. The van der Waals surface area contributed by atoms with Gasteiger partial charge in [0.2, 0.25) is 0 Å². The highest BCUT2D eigenvalue weighted by Crippen LogP contribution is 2.41. The minimum atomic E-state index is -0.385. The molecule has 29 heavy (non-hydrogen) atoms. The van der Waals surface area contributed by atoms with Crippen molar-refractivity contribution in [2.24, 2.45) is 0 Å². The lowest BCUT2D eigenvalue weighted by Gasteiger charge is -2.30. The van der Waals surface area contributed by atoms with Crippen LogP contribution in [0.2, 0.25) is 5.02 Å². The van der Waals surface area contributed by atoms with Crippen LogP contribution in [0, 0.1) is 0 Å². The number of fused-ring (bicyclic) bond motifs is 3. The van der Waals surface area contributed by atoms with E-state index in [-0.39, 0.29) is 12.1 Å². The molecule has 0 fully saturated rings. The highest BCUT2D eigenvalue weighted by atomic mass is 35.5. The van der Waals surface area contributed by atoms with Crippen molar-refractivity contribution in [1.82, 2.24) is 10.2 Å². The molecule has 150 valence electrons. The van der Waals surface area contributed by atoms with Crippen LogP contribution in [0.3, 0.4) is 0 Å². The van der Waals surface area contributed by atoms with Crippen LogP contribution < -0.4 is 10.6 Å². The van der Waals surface area contributed by atoms with Gasteiger partial charge in [-0.1, -0.05) is 23.7 Å². The Hall–Kier alpha value is -2.28. The van der Waals surface area contributed by atoms with Gasteiger partial charge in [-0.3, -0.25) is 9.69 Å². The number of carbonyl (C=O) groups is 1. The van der Waals surface area contributed by atoms with Crippen LogP contribution in [0.1, 0.15) is 46.6 Å². The summed E-state index contributed by atoms with van der Waals surface area (Å²) in [5, 5.41) is 8.13. The number of amides is 1. The van der Waals surface area contributed by atoms with Crippen molar-refractivity contribution in [3.63, 3.8) is 0 Å². The van der Waals surface area contributed by atoms with Gasteiger partial charge in [0.25, 0.3) is 5.91 Å². The number of anilines is 1. The van der Waals surface area contributed by atoms with E-state index in [1.165, 1.54) is 10.4 Å². The van der Waals surface area contributed by atoms with Crippen LogP contribution >= 0.6 is 22.9 Å². The number of halogens is 1. The van der Waals surface area contributed by atoms with Gasteiger partial charge in [0, 0.05) is 34.6 Å². The summed E-state index contributed by atoms with van der Waals surface area (Å²) >= 11 is 7.79. The van der Waals surface area contributed by atoms with Crippen LogP contribution in [0.15, 0.2) is 40.8 Å². The molecule has 1 aromatic carbocycles. The first-order valence-electron chi connectivity index (χ1n) is 9.81. The summed E-state index contributed by atoms with van der Waals surface area (Å²) in [4.78, 5) is 16.7. The van der Waals surface area contributed by atoms with Gasteiger partial charge in [-0.05, 0) is 50.1 Å². The molecule has 1 atom stereocenters. The molecule has 2 N–H and O–H groups in total. The Kier molecular flexibility index (Phi) is 4.65. The van der Waals surface area contributed by atoms with Gasteiger partial charge in [-0.15, -0.1) is 11.3 Å². The van der Waals surface area contributed by atoms with Gasteiger partial charge in [-0.2, -0.15) is 0 Å². The second kappa shape index (κ2) is 7.20. The molecule has 0 bridgehead atoms.